The summed E-state index contributed by atoms with van der Waals surface area (Å²) in [6.45, 7) is 2.97. The van der Waals surface area contributed by atoms with Crippen LogP contribution in [0, 0.1) is 0 Å². The first kappa shape index (κ1) is 15.1. The average molecular weight is 309 g/mol. The van der Waals surface area contributed by atoms with E-state index in [1.807, 2.05) is 18.2 Å². The van der Waals surface area contributed by atoms with Gasteiger partial charge in [0.2, 0.25) is 5.91 Å². The normalized spacial score (nSPS) is 15.4. The second-order valence-electron chi connectivity index (χ2n) is 4.48. The summed E-state index contributed by atoms with van der Waals surface area (Å²) in [4.78, 5) is 14.6. The molecule has 1 amide bonds. The van der Waals surface area contributed by atoms with Crippen LogP contribution < -0.4 is 10.6 Å². The van der Waals surface area contributed by atoms with Crippen molar-refractivity contribution in [3.05, 3.63) is 30.3 Å². The molecule has 0 aromatic heterocycles. The molecule has 1 aromatic rings. The molecular formula is C14H19N3OS2. The monoisotopic (exact) mass is 309 g/mol. The fourth-order valence-electron chi connectivity index (χ4n) is 1.93. The zero-order chi connectivity index (χ0) is 14.2. The van der Waals surface area contributed by atoms with Gasteiger partial charge in [0, 0.05) is 43.2 Å². The molecule has 0 radical (unpaired) electrons. The van der Waals surface area contributed by atoms with Crippen LogP contribution in [0.5, 0.6) is 0 Å². The Bertz CT molecular complexity index is 453. The van der Waals surface area contributed by atoms with E-state index >= 15 is 0 Å². The van der Waals surface area contributed by atoms with E-state index in [-0.39, 0.29) is 5.91 Å². The maximum Gasteiger partial charge on any atom is 0.221 e. The largest absolute Gasteiger partial charge is 0.362 e. The number of nitrogens with one attached hydrogen (secondary N) is 2. The molecule has 0 unspecified atom stereocenters. The Morgan fingerprint density at radius 1 is 1.35 bits per heavy atom. The van der Waals surface area contributed by atoms with Crippen LogP contribution in [-0.2, 0) is 4.79 Å². The Kier molecular flexibility index (Phi) is 6.14. The third-order valence-corrected chi connectivity index (χ3v) is 4.41. The number of thioether (sulfide) groups is 1. The number of amides is 1. The first-order valence-corrected chi connectivity index (χ1v) is 8.12. The third kappa shape index (κ3) is 5.02. The van der Waals surface area contributed by atoms with Crippen molar-refractivity contribution in [2.45, 2.75) is 11.3 Å². The highest BCUT2D eigenvalue weighted by molar-refractivity contribution is 7.99. The number of hydrogen-bond donors (Lipinski definition) is 2. The van der Waals surface area contributed by atoms with Gasteiger partial charge >= 0.3 is 0 Å². The molecule has 4 nitrogen and oxygen atoms in total. The molecule has 2 N–H and O–H groups in total. The molecule has 1 aliphatic rings. The number of nitrogens with zero attached hydrogens (tertiary/aromatic N) is 1. The smallest absolute Gasteiger partial charge is 0.221 e. The molecule has 1 fully saturated rings. The van der Waals surface area contributed by atoms with Crippen LogP contribution in [0.3, 0.4) is 0 Å². The van der Waals surface area contributed by atoms with E-state index in [1.165, 1.54) is 4.90 Å². The highest BCUT2D eigenvalue weighted by Gasteiger charge is 2.15. The van der Waals surface area contributed by atoms with Gasteiger partial charge in [-0.3, -0.25) is 4.79 Å². The molecule has 20 heavy (non-hydrogen) atoms. The molecule has 0 bridgehead atoms. The summed E-state index contributed by atoms with van der Waals surface area (Å²) in [5, 5.41) is 6.85. The molecule has 0 saturated carbocycles. The van der Waals surface area contributed by atoms with E-state index in [4.69, 9.17) is 12.2 Å². The molecule has 1 saturated heterocycles. The Labute approximate surface area is 129 Å². The van der Waals surface area contributed by atoms with Gasteiger partial charge in [0.25, 0.3) is 0 Å². The van der Waals surface area contributed by atoms with Crippen LogP contribution in [0.2, 0.25) is 0 Å². The third-order valence-electron chi connectivity index (χ3n) is 2.99. The molecule has 0 spiro atoms. The molecule has 1 aromatic carbocycles. The van der Waals surface area contributed by atoms with Gasteiger partial charge in [-0.25, -0.2) is 0 Å². The minimum Gasteiger partial charge on any atom is -0.362 e. The van der Waals surface area contributed by atoms with Crippen LogP contribution in [-0.4, -0.2) is 47.9 Å². The summed E-state index contributed by atoms with van der Waals surface area (Å²) in [6, 6.07) is 10.3. The van der Waals surface area contributed by atoms with E-state index in [0.717, 1.165) is 24.0 Å². The van der Waals surface area contributed by atoms with Gasteiger partial charge in [-0.05, 0) is 24.4 Å². The number of thiocarbonyl (C=S) groups is 1. The Morgan fingerprint density at radius 2 is 2.15 bits per heavy atom. The first-order chi connectivity index (χ1) is 9.75. The van der Waals surface area contributed by atoms with Gasteiger partial charge in [0.1, 0.15) is 0 Å². The average Bonchev–Trinajstić information content (AvgIpc) is 2.69. The minimum atomic E-state index is 0.106. The zero-order valence-corrected chi connectivity index (χ0v) is 12.9. The van der Waals surface area contributed by atoms with Gasteiger partial charge in [-0.15, -0.1) is 11.8 Å². The quantitative estimate of drug-likeness (QED) is 0.501. The van der Waals surface area contributed by atoms with E-state index in [0.29, 0.717) is 19.5 Å². The van der Waals surface area contributed by atoms with Gasteiger partial charge in [-0.1, -0.05) is 18.2 Å². The predicted molar refractivity (Wildman–Crippen MR) is 87.0 cm³/mol. The van der Waals surface area contributed by atoms with E-state index in [9.17, 15) is 4.79 Å². The fraction of sp³-hybridized carbons (Fsp3) is 0.429. The lowest BCUT2D eigenvalue weighted by Crippen LogP contribution is -2.42. The molecule has 0 aliphatic carbocycles. The molecule has 1 heterocycles. The molecule has 1 aliphatic heterocycles. The maximum absolute atomic E-state index is 11.3. The topological polar surface area (TPSA) is 44.4 Å². The summed E-state index contributed by atoms with van der Waals surface area (Å²) < 4.78 is 0. The number of benzene rings is 1. The summed E-state index contributed by atoms with van der Waals surface area (Å²) in [5.41, 5.74) is 0. The van der Waals surface area contributed by atoms with Crippen molar-refractivity contribution in [3.8, 4) is 0 Å². The molecule has 108 valence electrons. The van der Waals surface area contributed by atoms with Crippen molar-refractivity contribution in [2.24, 2.45) is 0 Å². The molecular weight excluding hydrogens is 290 g/mol. The van der Waals surface area contributed by atoms with E-state index < -0.39 is 0 Å². The first-order valence-electron chi connectivity index (χ1n) is 6.73. The summed E-state index contributed by atoms with van der Waals surface area (Å²) in [5.74, 6) is 1.07. The SMILES string of the molecule is O=C1CCN(C(=S)NCCSc2ccccc2)CCN1. The van der Waals surface area contributed by atoms with Crippen molar-refractivity contribution in [3.63, 3.8) is 0 Å². The van der Waals surface area contributed by atoms with Gasteiger partial charge in [0.15, 0.2) is 5.11 Å². The van der Waals surface area contributed by atoms with Gasteiger partial charge in [0.05, 0.1) is 0 Å². The van der Waals surface area contributed by atoms with E-state index in [2.05, 4.69) is 27.7 Å². The Hall–Kier alpha value is -1.27. The molecule has 0 atom stereocenters. The zero-order valence-electron chi connectivity index (χ0n) is 11.3. The van der Waals surface area contributed by atoms with Gasteiger partial charge in [-0.2, -0.15) is 0 Å². The van der Waals surface area contributed by atoms with Crippen LogP contribution >= 0.6 is 24.0 Å². The van der Waals surface area contributed by atoms with Crippen LogP contribution in [0.4, 0.5) is 0 Å². The number of carbonyl (C=O) groups excluding carboxylic acids is 1. The second-order valence-corrected chi connectivity index (χ2v) is 6.04. The standard InChI is InChI=1S/C14H19N3OS2/c18-13-6-9-17(10-7-15-13)14(19)16-8-11-20-12-4-2-1-3-5-12/h1-5H,6-11H2,(H,15,18)(H,16,19). The summed E-state index contributed by atoms with van der Waals surface area (Å²) >= 11 is 7.18. The number of hydrogen-bond acceptors (Lipinski definition) is 3. The lowest BCUT2D eigenvalue weighted by molar-refractivity contribution is -0.120. The van der Waals surface area contributed by atoms with Crippen molar-refractivity contribution in [1.82, 2.24) is 15.5 Å². The Morgan fingerprint density at radius 3 is 2.95 bits per heavy atom. The summed E-state index contributed by atoms with van der Waals surface area (Å²) in [7, 11) is 0. The highest BCUT2D eigenvalue weighted by Crippen LogP contribution is 2.15. The van der Waals surface area contributed by atoms with Crippen LogP contribution in [0.1, 0.15) is 6.42 Å². The highest BCUT2D eigenvalue weighted by atomic mass is 32.2. The number of carbonyl (C=O) groups is 1. The second kappa shape index (κ2) is 8.11. The van der Waals surface area contributed by atoms with Crippen LogP contribution in [0.25, 0.3) is 0 Å². The lowest BCUT2D eigenvalue weighted by Gasteiger charge is -2.23. The van der Waals surface area contributed by atoms with Crippen molar-refractivity contribution < 1.29 is 4.79 Å². The van der Waals surface area contributed by atoms with Crippen LogP contribution in [0.15, 0.2) is 35.2 Å². The van der Waals surface area contributed by atoms with Crippen molar-refractivity contribution in [1.29, 1.82) is 0 Å². The lowest BCUT2D eigenvalue weighted by atomic mass is 10.4. The number of rotatable bonds is 4. The minimum absolute atomic E-state index is 0.106. The molecule has 2 rings (SSSR count). The predicted octanol–water partition coefficient (Wildman–Crippen LogP) is 1.48. The maximum atomic E-state index is 11.3. The molecule has 6 heteroatoms. The van der Waals surface area contributed by atoms with E-state index in [1.54, 1.807) is 11.8 Å². The fourth-order valence-corrected chi connectivity index (χ4v) is 3.00. The van der Waals surface area contributed by atoms with Gasteiger partial charge < -0.3 is 15.5 Å². The Balaban J connectivity index is 1.66. The summed E-state index contributed by atoms with van der Waals surface area (Å²) in [6.07, 6.45) is 0.514. The van der Waals surface area contributed by atoms with Crippen molar-refractivity contribution in [2.75, 3.05) is 31.9 Å². The van der Waals surface area contributed by atoms with Crippen molar-refractivity contribution >= 4 is 35.0 Å².